The first-order valence-corrected chi connectivity index (χ1v) is 10.8. The lowest BCUT2D eigenvalue weighted by molar-refractivity contribution is 0.140. The lowest BCUT2D eigenvalue weighted by Crippen LogP contribution is -2.22. The molecule has 0 radical (unpaired) electrons. The maximum absolute atomic E-state index is 13.9. The molecule has 6 rings (SSSR count). The Labute approximate surface area is 191 Å². The van der Waals surface area contributed by atoms with Gasteiger partial charge in [-0.05, 0) is 72.8 Å². The summed E-state index contributed by atoms with van der Waals surface area (Å²) in [6.07, 6.45) is -0.900. The molecular weight excluding hydrogens is 444 g/mol. The number of nitrogens with zero attached hydrogens (tertiary/aromatic N) is 2. The molecule has 2 aromatic heterocycles. The fourth-order valence-corrected chi connectivity index (χ4v) is 4.97. The Morgan fingerprint density at radius 3 is 1.03 bits per heavy atom. The fraction of sp³-hybridized carbons (Fsp3) is 0.111. The molecule has 0 saturated heterocycles. The quantitative estimate of drug-likeness (QED) is 0.297. The van der Waals surface area contributed by atoms with E-state index < -0.39 is 29.4 Å². The van der Waals surface area contributed by atoms with E-state index >= 15 is 0 Å². The van der Waals surface area contributed by atoms with Crippen molar-refractivity contribution in [3.8, 4) is 0 Å². The molecule has 0 aliphatic carbocycles. The molecule has 7 heteroatoms. The van der Waals surface area contributed by atoms with Crippen molar-refractivity contribution in [3.63, 3.8) is 0 Å². The van der Waals surface area contributed by atoms with Crippen molar-refractivity contribution in [2.75, 3.05) is 0 Å². The molecule has 0 saturated carbocycles. The van der Waals surface area contributed by atoms with Crippen LogP contribution >= 0.6 is 0 Å². The second-order valence-electron chi connectivity index (χ2n) is 8.52. The van der Waals surface area contributed by atoms with Crippen LogP contribution in [0.15, 0.2) is 72.8 Å². The number of fused-ring (bicyclic) bond motifs is 6. The van der Waals surface area contributed by atoms with E-state index in [0.717, 1.165) is 0 Å². The molecule has 6 aromatic rings. The molecule has 170 valence electrons. The first-order valence-electron chi connectivity index (χ1n) is 10.8. The van der Waals surface area contributed by atoms with Crippen LogP contribution in [0.4, 0.5) is 17.6 Å². The van der Waals surface area contributed by atoms with Gasteiger partial charge in [0, 0.05) is 43.6 Å². The van der Waals surface area contributed by atoms with Crippen molar-refractivity contribution < 1.29 is 22.7 Å². The normalized spacial score (nSPS) is 12.2. The Balaban J connectivity index is 1.45. The number of aliphatic hydroxyl groups is 1. The topological polar surface area (TPSA) is 30.1 Å². The van der Waals surface area contributed by atoms with Crippen molar-refractivity contribution in [1.82, 2.24) is 9.13 Å². The van der Waals surface area contributed by atoms with Gasteiger partial charge in [-0.25, -0.2) is 17.6 Å². The van der Waals surface area contributed by atoms with Gasteiger partial charge in [-0.2, -0.15) is 0 Å². The summed E-state index contributed by atoms with van der Waals surface area (Å²) in [7, 11) is 0. The highest BCUT2D eigenvalue weighted by Gasteiger charge is 2.18. The van der Waals surface area contributed by atoms with Crippen LogP contribution in [0.25, 0.3) is 43.6 Å². The smallest absolute Gasteiger partial charge is 0.123 e. The highest BCUT2D eigenvalue weighted by atomic mass is 19.1. The summed E-state index contributed by atoms with van der Waals surface area (Å²) in [6, 6.07) is 17.2. The zero-order valence-corrected chi connectivity index (χ0v) is 17.8. The third kappa shape index (κ3) is 3.23. The Morgan fingerprint density at radius 1 is 0.500 bits per heavy atom. The van der Waals surface area contributed by atoms with Crippen LogP contribution in [0.2, 0.25) is 0 Å². The average Bonchev–Trinajstić information content (AvgIpc) is 3.25. The summed E-state index contributed by atoms with van der Waals surface area (Å²) < 4.78 is 59.4. The van der Waals surface area contributed by atoms with Crippen LogP contribution in [0.1, 0.15) is 0 Å². The number of rotatable bonds is 4. The standard InChI is InChI=1S/C27H18F4N2O/c28-15-1-5-24-20(9-15)21-10-16(29)2-6-25(21)32(24)13-19(34)14-33-26-7-3-17(30)11-22(26)23-12-18(31)4-8-27(23)33/h1-12,19,34H,13-14H2. The molecule has 0 spiro atoms. The van der Waals surface area contributed by atoms with E-state index in [9.17, 15) is 22.7 Å². The maximum Gasteiger partial charge on any atom is 0.123 e. The fourth-order valence-electron chi connectivity index (χ4n) is 4.97. The summed E-state index contributed by atoms with van der Waals surface area (Å²) in [6.45, 7) is 0.307. The van der Waals surface area contributed by atoms with Crippen molar-refractivity contribution in [2.24, 2.45) is 0 Å². The third-order valence-corrected chi connectivity index (χ3v) is 6.36. The minimum absolute atomic E-state index is 0.154. The molecule has 0 aliphatic heterocycles. The number of hydrogen-bond donors (Lipinski definition) is 1. The van der Waals surface area contributed by atoms with Gasteiger partial charge in [0.15, 0.2) is 0 Å². The molecule has 4 aromatic carbocycles. The van der Waals surface area contributed by atoms with Gasteiger partial charge in [0.1, 0.15) is 23.3 Å². The first kappa shape index (κ1) is 20.7. The molecule has 0 atom stereocenters. The molecule has 0 aliphatic rings. The Kier molecular flexibility index (Phi) is 4.64. The van der Waals surface area contributed by atoms with Gasteiger partial charge in [-0.15, -0.1) is 0 Å². The zero-order chi connectivity index (χ0) is 23.6. The van der Waals surface area contributed by atoms with Crippen molar-refractivity contribution in [3.05, 3.63) is 96.1 Å². The summed E-state index contributed by atoms with van der Waals surface area (Å²) in [5.41, 5.74) is 2.69. The van der Waals surface area contributed by atoms with Gasteiger partial charge >= 0.3 is 0 Å². The minimum atomic E-state index is -0.900. The van der Waals surface area contributed by atoms with Crippen LogP contribution in [0.5, 0.6) is 0 Å². The van der Waals surface area contributed by atoms with Crippen LogP contribution < -0.4 is 0 Å². The van der Waals surface area contributed by atoms with Crippen molar-refractivity contribution in [2.45, 2.75) is 19.2 Å². The van der Waals surface area contributed by atoms with E-state index in [0.29, 0.717) is 43.6 Å². The van der Waals surface area contributed by atoms with E-state index in [2.05, 4.69) is 0 Å². The van der Waals surface area contributed by atoms with Gasteiger partial charge in [0.05, 0.1) is 19.2 Å². The number of aromatic nitrogens is 2. The van der Waals surface area contributed by atoms with Crippen LogP contribution in [-0.2, 0) is 13.1 Å². The second-order valence-corrected chi connectivity index (χ2v) is 8.52. The molecular formula is C27H18F4N2O. The third-order valence-electron chi connectivity index (χ3n) is 6.36. The average molecular weight is 462 g/mol. The lowest BCUT2D eigenvalue weighted by Gasteiger charge is -2.16. The molecule has 0 fully saturated rings. The molecule has 0 unspecified atom stereocenters. The maximum atomic E-state index is 13.9. The SMILES string of the molecule is OC(Cn1c2ccc(F)cc2c2cc(F)ccc21)Cn1c2ccc(F)cc2c2cc(F)ccc21. The van der Waals surface area contributed by atoms with Crippen LogP contribution in [-0.4, -0.2) is 20.3 Å². The van der Waals surface area contributed by atoms with Crippen LogP contribution in [0, 0.1) is 23.3 Å². The Hall–Kier alpha value is -3.84. The van der Waals surface area contributed by atoms with E-state index in [-0.39, 0.29) is 13.1 Å². The predicted molar refractivity (Wildman–Crippen MR) is 125 cm³/mol. The molecule has 0 bridgehead atoms. The molecule has 0 amide bonds. The van der Waals surface area contributed by atoms with Gasteiger partial charge in [0.2, 0.25) is 0 Å². The largest absolute Gasteiger partial charge is 0.389 e. The highest BCUT2D eigenvalue weighted by molar-refractivity contribution is 6.09. The molecule has 1 N–H and O–H groups in total. The van der Waals surface area contributed by atoms with Gasteiger partial charge < -0.3 is 14.2 Å². The van der Waals surface area contributed by atoms with E-state index in [1.807, 2.05) is 9.13 Å². The monoisotopic (exact) mass is 462 g/mol. The van der Waals surface area contributed by atoms with Gasteiger partial charge in [-0.1, -0.05) is 0 Å². The van der Waals surface area contributed by atoms with E-state index in [1.165, 1.54) is 48.5 Å². The summed E-state index contributed by atoms with van der Waals surface area (Å²) in [4.78, 5) is 0. The second kappa shape index (κ2) is 7.60. The first-order chi connectivity index (χ1) is 16.4. The zero-order valence-electron chi connectivity index (χ0n) is 17.8. The van der Waals surface area contributed by atoms with E-state index in [4.69, 9.17) is 0 Å². The van der Waals surface area contributed by atoms with E-state index in [1.54, 1.807) is 24.3 Å². The minimum Gasteiger partial charge on any atom is -0.389 e. The number of benzene rings is 4. The summed E-state index contributed by atoms with van der Waals surface area (Å²) >= 11 is 0. The molecule has 2 heterocycles. The van der Waals surface area contributed by atoms with Gasteiger partial charge in [-0.3, -0.25) is 0 Å². The highest BCUT2D eigenvalue weighted by Crippen LogP contribution is 2.33. The van der Waals surface area contributed by atoms with Gasteiger partial charge in [0.25, 0.3) is 0 Å². The summed E-state index contributed by atoms with van der Waals surface area (Å²) in [5.74, 6) is -1.72. The van der Waals surface area contributed by atoms with Crippen molar-refractivity contribution >= 4 is 43.6 Å². The number of halogens is 4. The molecule has 3 nitrogen and oxygen atoms in total. The summed E-state index contributed by atoms with van der Waals surface area (Å²) in [5, 5.41) is 13.3. The number of aliphatic hydroxyl groups excluding tert-OH is 1. The van der Waals surface area contributed by atoms with Crippen LogP contribution in [0.3, 0.4) is 0 Å². The molecule has 34 heavy (non-hydrogen) atoms. The predicted octanol–water partition coefficient (Wildman–Crippen LogP) is 6.52. The number of hydrogen-bond acceptors (Lipinski definition) is 1. The van der Waals surface area contributed by atoms with Crippen molar-refractivity contribution in [1.29, 1.82) is 0 Å². The Bertz CT molecular complexity index is 1490. The Morgan fingerprint density at radius 2 is 0.765 bits per heavy atom. The lowest BCUT2D eigenvalue weighted by atomic mass is 10.1.